The summed E-state index contributed by atoms with van der Waals surface area (Å²) in [5.74, 6) is 2.42. The predicted molar refractivity (Wildman–Crippen MR) is 176 cm³/mol. The third kappa shape index (κ3) is 6.67. The van der Waals surface area contributed by atoms with E-state index in [0.29, 0.717) is 53.4 Å². The minimum atomic E-state index is -0.183. The smallest absolute Gasteiger partial charge is 0.167 e. The van der Waals surface area contributed by atoms with Gasteiger partial charge in [0.25, 0.3) is 0 Å². The summed E-state index contributed by atoms with van der Waals surface area (Å²) in [5.41, 5.74) is 5.95. The highest BCUT2D eigenvalue weighted by atomic mass is 79.9. The van der Waals surface area contributed by atoms with Crippen molar-refractivity contribution in [3.8, 4) is 23.0 Å². The molecule has 2 aliphatic rings. The first-order valence-corrected chi connectivity index (χ1v) is 15.6. The molecule has 9 nitrogen and oxygen atoms in total. The average Bonchev–Trinajstić information content (AvgIpc) is 3.54. The molecule has 238 valence electrons. The number of pyridine rings is 2. The molecule has 0 spiro atoms. The summed E-state index contributed by atoms with van der Waals surface area (Å²) in [6.45, 7) is 1.52. The van der Waals surface area contributed by atoms with Crippen molar-refractivity contribution in [3.05, 3.63) is 105 Å². The molecular formula is C36H35BrN2O7. The summed E-state index contributed by atoms with van der Waals surface area (Å²) in [4.78, 5) is 45.2. The molecule has 2 unspecified atom stereocenters. The van der Waals surface area contributed by atoms with Crippen LogP contribution in [0.1, 0.15) is 60.3 Å². The second-order valence-electron chi connectivity index (χ2n) is 11.2. The highest BCUT2D eigenvalue weighted by Crippen LogP contribution is 2.39. The summed E-state index contributed by atoms with van der Waals surface area (Å²) in [6, 6.07) is 11.1. The monoisotopic (exact) mass is 686 g/mol. The Morgan fingerprint density at radius 1 is 0.717 bits per heavy atom. The number of ketones is 3. The number of fused-ring (bicyclic) bond motifs is 2. The van der Waals surface area contributed by atoms with Gasteiger partial charge < -0.3 is 18.9 Å². The van der Waals surface area contributed by atoms with Crippen LogP contribution >= 0.6 is 15.9 Å². The first kappa shape index (κ1) is 32.8. The Labute approximate surface area is 276 Å². The molecule has 0 amide bonds. The lowest BCUT2D eigenvalue weighted by Crippen LogP contribution is -2.14. The van der Waals surface area contributed by atoms with Crippen LogP contribution in [0, 0.1) is 11.8 Å². The Morgan fingerprint density at radius 3 is 1.61 bits per heavy atom. The maximum absolute atomic E-state index is 12.8. The van der Waals surface area contributed by atoms with Crippen molar-refractivity contribution < 1.29 is 33.3 Å². The molecule has 2 atom stereocenters. The second-order valence-corrected chi connectivity index (χ2v) is 12.1. The first-order valence-electron chi connectivity index (χ1n) is 14.8. The molecule has 2 aliphatic carbocycles. The Hall–Kier alpha value is -4.57. The van der Waals surface area contributed by atoms with Crippen LogP contribution in [0.5, 0.6) is 23.0 Å². The van der Waals surface area contributed by atoms with E-state index in [1.165, 1.54) is 6.92 Å². The number of hydrogen-bond acceptors (Lipinski definition) is 9. The lowest BCUT2D eigenvalue weighted by Gasteiger charge is -2.10. The molecule has 0 bridgehead atoms. The molecule has 0 saturated carbocycles. The molecular weight excluding hydrogens is 652 g/mol. The molecule has 2 aromatic heterocycles. The summed E-state index contributed by atoms with van der Waals surface area (Å²) in [7, 11) is 6.31. The predicted octanol–water partition coefficient (Wildman–Crippen LogP) is 6.36. The Balaban J connectivity index is 0.000000182. The summed E-state index contributed by atoms with van der Waals surface area (Å²) < 4.78 is 22.1. The van der Waals surface area contributed by atoms with Gasteiger partial charge in [-0.1, -0.05) is 0 Å². The van der Waals surface area contributed by atoms with Crippen LogP contribution in [0.4, 0.5) is 0 Å². The van der Waals surface area contributed by atoms with Gasteiger partial charge in [0, 0.05) is 57.8 Å². The van der Waals surface area contributed by atoms with E-state index < -0.39 is 0 Å². The first-order chi connectivity index (χ1) is 22.2. The molecule has 2 heterocycles. The Morgan fingerprint density at radius 2 is 1.15 bits per heavy atom. The molecule has 0 aliphatic heterocycles. The summed E-state index contributed by atoms with van der Waals surface area (Å²) in [6.07, 6.45) is 9.30. The minimum absolute atomic E-state index is 0.0376. The van der Waals surface area contributed by atoms with Crippen molar-refractivity contribution in [2.45, 2.75) is 32.6 Å². The molecule has 0 fully saturated rings. The summed E-state index contributed by atoms with van der Waals surface area (Å²) in [5, 5.41) is 0. The second kappa shape index (κ2) is 14.2. The highest BCUT2D eigenvalue weighted by molar-refractivity contribution is 9.10. The van der Waals surface area contributed by atoms with E-state index in [-0.39, 0.29) is 29.2 Å². The molecule has 6 rings (SSSR count). The Kier molecular flexibility index (Phi) is 10.2. The van der Waals surface area contributed by atoms with Gasteiger partial charge in [0.15, 0.2) is 40.3 Å². The zero-order valence-corrected chi connectivity index (χ0v) is 28.0. The van der Waals surface area contributed by atoms with E-state index >= 15 is 0 Å². The van der Waals surface area contributed by atoms with E-state index in [1.807, 2.05) is 24.3 Å². The third-order valence-corrected chi connectivity index (χ3v) is 9.22. The number of methoxy groups -OCH3 is 4. The van der Waals surface area contributed by atoms with Crippen LogP contribution in [0.2, 0.25) is 0 Å². The average molecular weight is 688 g/mol. The highest BCUT2D eigenvalue weighted by Gasteiger charge is 2.34. The van der Waals surface area contributed by atoms with Gasteiger partial charge in [0.1, 0.15) is 0 Å². The van der Waals surface area contributed by atoms with Gasteiger partial charge >= 0.3 is 0 Å². The fourth-order valence-corrected chi connectivity index (χ4v) is 6.56. The molecule has 0 radical (unpaired) electrons. The fraction of sp³-hybridized carbons (Fsp3) is 0.306. The number of Topliss-reactive ketones (excluding diaryl/α,β-unsaturated/α-hetero) is 3. The number of halogens is 1. The van der Waals surface area contributed by atoms with E-state index in [9.17, 15) is 14.4 Å². The number of carbonyl (C=O) groups excluding carboxylic acids is 3. The van der Waals surface area contributed by atoms with Gasteiger partial charge in [-0.25, -0.2) is 0 Å². The largest absolute Gasteiger partial charge is 0.493 e. The van der Waals surface area contributed by atoms with Gasteiger partial charge in [-0.15, -0.1) is 0 Å². The van der Waals surface area contributed by atoms with Crippen LogP contribution in [0.15, 0.2) is 65.7 Å². The van der Waals surface area contributed by atoms with Crippen LogP contribution in [-0.2, 0) is 25.7 Å². The van der Waals surface area contributed by atoms with Crippen LogP contribution in [0.25, 0.3) is 0 Å². The number of benzene rings is 2. The molecule has 4 aromatic rings. The minimum Gasteiger partial charge on any atom is -0.493 e. The molecule has 2 aromatic carbocycles. The van der Waals surface area contributed by atoms with Crippen LogP contribution in [-0.4, -0.2) is 55.8 Å². The Bertz CT molecular complexity index is 1810. The quantitative estimate of drug-likeness (QED) is 0.186. The molecule has 46 heavy (non-hydrogen) atoms. The fourth-order valence-electron chi connectivity index (χ4n) is 6.14. The number of carbonyl (C=O) groups is 3. The van der Waals surface area contributed by atoms with E-state index in [1.54, 1.807) is 65.4 Å². The van der Waals surface area contributed by atoms with Gasteiger partial charge in [0.2, 0.25) is 0 Å². The van der Waals surface area contributed by atoms with Crippen molar-refractivity contribution in [2.75, 3.05) is 28.4 Å². The zero-order chi connectivity index (χ0) is 33.0. The number of hydrogen-bond donors (Lipinski definition) is 0. The normalized spacial score (nSPS) is 16.2. The molecule has 0 saturated heterocycles. The van der Waals surface area contributed by atoms with Crippen molar-refractivity contribution in [1.29, 1.82) is 0 Å². The molecule has 10 heteroatoms. The number of ether oxygens (including phenoxy) is 4. The SMILES string of the molecule is COc1cc2c(cc1OC)C(=O)C(Cc1ccncc1Br)C2.COc1cc2c(cc1OC)C(=O)C(Cc1ccncc1C(C)=O)C2. The van der Waals surface area contributed by atoms with Gasteiger partial charge in [-0.3, -0.25) is 24.4 Å². The van der Waals surface area contributed by atoms with Gasteiger partial charge in [-0.2, -0.15) is 0 Å². The maximum Gasteiger partial charge on any atom is 0.167 e. The lowest BCUT2D eigenvalue weighted by atomic mass is 9.93. The standard InChI is InChI=1S/C19H19NO4.C17H16BrNO3/c1-11(21)16-10-20-5-4-12(16)6-14-7-13-8-17(23-2)18(24-3)9-15(13)19(14)22;1-21-15-7-11-6-12(5-10-3-4-19-9-14(10)18)17(20)13(11)8-16(15)22-2/h4-5,8-10,14H,6-7H2,1-3H3;3-4,7-9,12H,5-6H2,1-2H3. The maximum atomic E-state index is 12.8. The van der Waals surface area contributed by atoms with Gasteiger partial charge in [-0.05, 0) is 107 Å². The zero-order valence-electron chi connectivity index (χ0n) is 26.4. The van der Waals surface area contributed by atoms with E-state index in [0.717, 1.165) is 38.7 Å². The number of aromatic nitrogens is 2. The van der Waals surface area contributed by atoms with Crippen molar-refractivity contribution in [1.82, 2.24) is 9.97 Å². The van der Waals surface area contributed by atoms with Crippen molar-refractivity contribution >= 4 is 33.3 Å². The van der Waals surface area contributed by atoms with E-state index in [2.05, 4.69) is 25.9 Å². The topological polar surface area (TPSA) is 114 Å². The number of rotatable bonds is 9. The number of nitrogens with zero attached hydrogens (tertiary/aromatic N) is 2. The third-order valence-electron chi connectivity index (χ3n) is 8.50. The van der Waals surface area contributed by atoms with Gasteiger partial charge in [0.05, 0.1) is 28.4 Å². The van der Waals surface area contributed by atoms with Crippen molar-refractivity contribution in [3.63, 3.8) is 0 Å². The lowest BCUT2D eigenvalue weighted by molar-refractivity contribution is 0.0928. The molecule has 0 N–H and O–H groups in total. The van der Waals surface area contributed by atoms with Crippen LogP contribution < -0.4 is 18.9 Å². The summed E-state index contributed by atoms with van der Waals surface area (Å²) >= 11 is 3.49. The van der Waals surface area contributed by atoms with Crippen molar-refractivity contribution in [2.24, 2.45) is 11.8 Å². The van der Waals surface area contributed by atoms with Crippen LogP contribution in [0.3, 0.4) is 0 Å². The van der Waals surface area contributed by atoms with E-state index in [4.69, 9.17) is 18.9 Å².